The molecule has 4 aromatic rings. The summed E-state index contributed by atoms with van der Waals surface area (Å²) in [7, 11) is 0. The number of hydrogen-bond donors (Lipinski definition) is 0. The molecule has 0 aliphatic carbocycles. The standard InChI is InChI=1S/C18H11N5O3/c24-17(12-6-8-14(9-7-12)23(25)26)16-15-10-21-22(18(15)20-11-19-16)13-4-2-1-3-5-13/h1-11H. The number of rotatable bonds is 4. The maximum atomic E-state index is 12.8. The molecule has 8 heteroatoms. The Bertz CT molecular complexity index is 1120. The molecule has 0 N–H and O–H groups in total. The number of non-ortho nitro benzene ring substituents is 1. The Hall–Kier alpha value is -3.94. The van der Waals surface area contributed by atoms with Crippen molar-refractivity contribution in [2.75, 3.05) is 0 Å². The Morgan fingerprint density at radius 3 is 2.42 bits per heavy atom. The van der Waals surface area contributed by atoms with E-state index in [9.17, 15) is 14.9 Å². The van der Waals surface area contributed by atoms with Crippen LogP contribution in [-0.4, -0.2) is 30.5 Å². The van der Waals surface area contributed by atoms with Gasteiger partial charge in [-0.25, -0.2) is 14.6 Å². The van der Waals surface area contributed by atoms with Crippen molar-refractivity contribution in [1.29, 1.82) is 0 Å². The van der Waals surface area contributed by atoms with Gasteiger partial charge in [-0.15, -0.1) is 0 Å². The molecule has 0 saturated heterocycles. The minimum atomic E-state index is -0.513. The van der Waals surface area contributed by atoms with E-state index in [0.29, 0.717) is 16.6 Å². The lowest BCUT2D eigenvalue weighted by Crippen LogP contribution is -2.06. The van der Waals surface area contributed by atoms with Crippen LogP contribution >= 0.6 is 0 Å². The molecule has 0 radical (unpaired) electrons. The number of ketones is 1. The van der Waals surface area contributed by atoms with Gasteiger partial charge in [0, 0.05) is 17.7 Å². The van der Waals surface area contributed by atoms with Crippen LogP contribution in [0.25, 0.3) is 16.7 Å². The zero-order valence-electron chi connectivity index (χ0n) is 13.3. The average molecular weight is 345 g/mol. The molecule has 0 aliphatic rings. The molecular formula is C18H11N5O3. The maximum Gasteiger partial charge on any atom is 0.269 e. The molecule has 0 unspecified atom stereocenters. The van der Waals surface area contributed by atoms with Gasteiger partial charge < -0.3 is 0 Å². The number of carbonyl (C=O) groups is 1. The van der Waals surface area contributed by atoms with Gasteiger partial charge in [0.1, 0.15) is 12.0 Å². The fourth-order valence-electron chi connectivity index (χ4n) is 2.65. The lowest BCUT2D eigenvalue weighted by Gasteiger charge is -2.04. The number of nitro groups is 1. The molecule has 2 heterocycles. The van der Waals surface area contributed by atoms with E-state index in [-0.39, 0.29) is 17.2 Å². The Morgan fingerprint density at radius 2 is 1.73 bits per heavy atom. The second-order valence-corrected chi connectivity index (χ2v) is 5.48. The van der Waals surface area contributed by atoms with Gasteiger partial charge in [-0.1, -0.05) is 18.2 Å². The Kier molecular flexibility index (Phi) is 3.70. The van der Waals surface area contributed by atoms with Crippen LogP contribution in [0.5, 0.6) is 0 Å². The first-order valence-corrected chi connectivity index (χ1v) is 7.68. The summed E-state index contributed by atoms with van der Waals surface area (Å²) in [6, 6.07) is 14.8. The van der Waals surface area contributed by atoms with Crippen molar-refractivity contribution in [1.82, 2.24) is 19.7 Å². The van der Waals surface area contributed by atoms with E-state index in [2.05, 4.69) is 15.1 Å². The first-order valence-electron chi connectivity index (χ1n) is 7.68. The van der Waals surface area contributed by atoms with E-state index in [1.807, 2.05) is 30.3 Å². The van der Waals surface area contributed by atoms with E-state index >= 15 is 0 Å². The lowest BCUT2D eigenvalue weighted by atomic mass is 10.1. The summed E-state index contributed by atoms with van der Waals surface area (Å²) in [5.74, 6) is -0.347. The fourth-order valence-corrected chi connectivity index (χ4v) is 2.65. The van der Waals surface area contributed by atoms with E-state index in [4.69, 9.17) is 0 Å². The molecule has 0 amide bonds. The predicted octanol–water partition coefficient (Wildman–Crippen LogP) is 2.95. The molecule has 0 fully saturated rings. The van der Waals surface area contributed by atoms with Crippen molar-refractivity contribution < 1.29 is 9.72 Å². The highest BCUT2D eigenvalue weighted by Gasteiger charge is 2.19. The topological polar surface area (TPSA) is 104 Å². The number of para-hydroxylation sites is 1. The van der Waals surface area contributed by atoms with E-state index < -0.39 is 4.92 Å². The zero-order chi connectivity index (χ0) is 18.1. The van der Waals surface area contributed by atoms with Crippen LogP contribution in [0, 0.1) is 10.1 Å². The number of hydrogen-bond acceptors (Lipinski definition) is 6. The van der Waals surface area contributed by atoms with Gasteiger partial charge in [0.2, 0.25) is 5.78 Å². The molecule has 2 aromatic carbocycles. The highest BCUT2D eigenvalue weighted by molar-refractivity contribution is 6.14. The summed E-state index contributed by atoms with van der Waals surface area (Å²) in [6.07, 6.45) is 2.85. The Labute approximate surface area is 146 Å². The van der Waals surface area contributed by atoms with Crippen LogP contribution in [0.4, 0.5) is 5.69 Å². The van der Waals surface area contributed by atoms with Crippen molar-refractivity contribution >= 4 is 22.5 Å². The second kappa shape index (κ2) is 6.17. The number of nitrogens with zero attached hydrogens (tertiary/aromatic N) is 5. The lowest BCUT2D eigenvalue weighted by molar-refractivity contribution is -0.384. The van der Waals surface area contributed by atoms with Gasteiger partial charge >= 0.3 is 0 Å². The zero-order valence-corrected chi connectivity index (χ0v) is 13.3. The average Bonchev–Trinajstić information content (AvgIpc) is 3.12. The van der Waals surface area contributed by atoms with E-state index in [1.165, 1.54) is 30.6 Å². The van der Waals surface area contributed by atoms with Crippen molar-refractivity contribution in [2.24, 2.45) is 0 Å². The molecule has 0 saturated carbocycles. The van der Waals surface area contributed by atoms with Crippen LogP contribution in [0.15, 0.2) is 67.1 Å². The van der Waals surface area contributed by atoms with Crippen LogP contribution in [0.2, 0.25) is 0 Å². The van der Waals surface area contributed by atoms with Crippen LogP contribution in [0.3, 0.4) is 0 Å². The summed E-state index contributed by atoms with van der Waals surface area (Å²) in [5, 5.41) is 15.6. The highest BCUT2D eigenvalue weighted by Crippen LogP contribution is 2.21. The van der Waals surface area contributed by atoms with Gasteiger partial charge in [0.25, 0.3) is 5.69 Å². The molecular weight excluding hydrogens is 334 g/mol. The molecule has 0 atom stereocenters. The van der Waals surface area contributed by atoms with Crippen LogP contribution < -0.4 is 0 Å². The summed E-state index contributed by atoms with van der Waals surface area (Å²) in [6.45, 7) is 0. The number of benzene rings is 2. The quantitative estimate of drug-likeness (QED) is 0.320. The predicted molar refractivity (Wildman–Crippen MR) is 93.2 cm³/mol. The molecule has 0 aliphatic heterocycles. The van der Waals surface area contributed by atoms with Crippen LogP contribution in [-0.2, 0) is 0 Å². The second-order valence-electron chi connectivity index (χ2n) is 5.48. The molecule has 0 spiro atoms. The van der Waals surface area contributed by atoms with Crippen molar-refractivity contribution in [2.45, 2.75) is 0 Å². The van der Waals surface area contributed by atoms with Crippen molar-refractivity contribution in [3.8, 4) is 5.69 Å². The van der Waals surface area contributed by atoms with Crippen molar-refractivity contribution in [3.63, 3.8) is 0 Å². The van der Waals surface area contributed by atoms with Gasteiger partial charge in [-0.2, -0.15) is 5.10 Å². The third-order valence-electron chi connectivity index (χ3n) is 3.92. The molecule has 4 rings (SSSR count). The third-order valence-corrected chi connectivity index (χ3v) is 3.92. The summed E-state index contributed by atoms with van der Waals surface area (Å²) in [5.41, 5.74) is 1.76. The van der Waals surface area contributed by atoms with Gasteiger partial charge in [-0.05, 0) is 24.3 Å². The molecule has 0 bridgehead atoms. The molecule has 2 aromatic heterocycles. The molecule has 8 nitrogen and oxygen atoms in total. The summed E-state index contributed by atoms with van der Waals surface area (Å²) in [4.78, 5) is 31.4. The maximum absolute atomic E-state index is 12.8. The summed E-state index contributed by atoms with van der Waals surface area (Å²) >= 11 is 0. The Balaban J connectivity index is 1.78. The largest absolute Gasteiger partial charge is 0.287 e. The van der Waals surface area contributed by atoms with Gasteiger partial charge in [0.15, 0.2) is 5.65 Å². The van der Waals surface area contributed by atoms with E-state index in [0.717, 1.165) is 5.69 Å². The SMILES string of the molecule is O=C(c1ccc([N+](=O)[O-])cc1)c1ncnc2c1cnn2-c1ccccc1. The first-order chi connectivity index (χ1) is 12.6. The number of aromatic nitrogens is 4. The minimum Gasteiger partial charge on any atom is -0.287 e. The van der Waals surface area contributed by atoms with Crippen molar-refractivity contribution in [3.05, 3.63) is 88.5 Å². The minimum absolute atomic E-state index is 0.0775. The number of carbonyl (C=O) groups excluding carboxylic acids is 1. The van der Waals surface area contributed by atoms with Gasteiger partial charge in [-0.3, -0.25) is 14.9 Å². The van der Waals surface area contributed by atoms with Crippen LogP contribution in [0.1, 0.15) is 16.1 Å². The number of fused-ring (bicyclic) bond motifs is 1. The summed E-state index contributed by atoms with van der Waals surface area (Å²) < 4.78 is 1.63. The third kappa shape index (κ3) is 2.59. The molecule has 126 valence electrons. The Morgan fingerprint density at radius 1 is 1.00 bits per heavy atom. The number of nitro benzene ring substituents is 1. The smallest absolute Gasteiger partial charge is 0.269 e. The van der Waals surface area contributed by atoms with Gasteiger partial charge in [0.05, 0.1) is 22.2 Å². The van der Waals surface area contributed by atoms with E-state index in [1.54, 1.807) is 10.9 Å². The normalized spacial score (nSPS) is 10.8. The molecule has 26 heavy (non-hydrogen) atoms. The monoisotopic (exact) mass is 345 g/mol. The first kappa shape index (κ1) is 15.6. The fraction of sp³-hybridized carbons (Fsp3) is 0. The highest BCUT2D eigenvalue weighted by atomic mass is 16.6.